The van der Waals surface area contributed by atoms with E-state index in [4.69, 9.17) is 0 Å². The number of hydrogen-bond donors (Lipinski definition) is 1. The smallest absolute Gasteiger partial charge is 0.362 e. The Bertz CT molecular complexity index is 817. The zero-order valence-corrected chi connectivity index (χ0v) is 18.4. The normalized spacial score (nSPS) is 18.8. The predicted octanol–water partition coefficient (Wildman–Crippen LogP) is 3.57. The van der Waals surface area contributed by atoms with Crippen LogP contribution in [0.4, 0.5) is 29.3 Å². The molecule has 0 atom stereocenters. The van der Waals surface area contributed by atoms with Gasteiger partial charge in [0, 0.05) is 57.9 Å². The SMILES string of the molecule is CC(C)CN1CCC(NC(=O)N2CCN(c3ccc(C(F)(F)F)cc3[N+](=O)[O-])CC2)CC1. The fourth-order valence-corrected chi connectivity index (χ4v) is 4.31. The highest BCUT2D eigenvalue weighted by Gasteiger charge is 2.34. The van der Waals surface area contributed by atoms with Crippen molar-refractivity contribution >= 4 is 17.4 Å². The molecule has 2 fully saturated rings. The summed E-state index contributed by atoms with van der Waals surface area (Å²) < 4.78 is 38.8. The Kier molecular flexibility index (Phi) is 7.47. The number of rotatable bonds is 5. The number of carbonyl (C=O) groups excluding carboxylic acids is 1. The molecule has 8 nitrogen and oxygen atoms in total. The van der Waals surface area contributed by atoms with Gasteiger partial charge in [-0.15, -0.1) is 0 Å². The quantitative estimate of drug-likeness (QED) is 0.540. The van der Waals surface area contributed by atoms with Crippen molar-refractivity contribution in [1.29, 1.82) is 0 Å². The van der Waals surface area contributed by atoms with Gasteiger partial charge in [0.25, 0.3) is 5.69 Å². The van der Waals surface area contributed by atoms with E-state index >= 15 is 0 Å². The molecule has 0 saturated carbocycles. The molecular formula is C21H30F3N5O3. The van der Waals surface area contributed by atoms with Crippen molar-refractivity contribution in [3.63, 3.8) is 0 Å². The lowest BCUT2D eigenvalue weighted by Crippen LogP contribution is -2.55. The van der Waals surface area contributed by atoms with Gasteiger partial charge in [0.1, 0.15) is 5.69 Å². The number of nitrogens with one attached hydrogen (secondary N) is 1. The molecule has 3 rings (SSSR count). The molecule has 178 valence electrons. The van der Waals surface area contributed by atoms with E-state index in [1.807, 2.05) is 0 Å². The van der Waals surface area contributed by atoms with Crippen LogP contribution in [-0.4, -0.2) is 72.6 Å². The van der Waals surface area contributed by atoms with Gasteiger partial charge in [0.05, 0.1) is 10.5 Å². The van der Waals surface area contributed by atoms with Gasteiger partial charge in [-0.2, -0.15) is 13.2 Å². The summed E-state index contributed by atoms with van der Waals surface area (Å²) in [6.07, 6.45) is -2.85. The van der Waals surface area contributed by atoms with E-state index in [0.717, 1.165) is 44.6 Å². The van der Waals surface area contributed by atoms with Crippen molar-refractivity contribution in [1.82, 2.24) is 15.1 Å². The molecule has 1 aromatic carbocycles. The van der Waals surface area contributed by atoms with E-state index in [9.17, 15) is 28.1 Å². The number of anilines is 1. The van der Waals surface area contributed by atoms with E-state index in [0.29, 0.717) is 38.2 Å². The number of piperidine rings is 1. The molecule has 2 saturated heterocycles. The maximum atomic E-state index is 12.9. The summed E-state index contributed by atoms with van der Waals surface area (Å²) in [6.45, 7) is 8.65. The fraction of sp³-hybridized carbons (Fsp3) is 0.667. The molecule has 0 unspecified atom stereocenters. The summed E-state index contributed by atoms with van der Waals surface area (Å²) in [7, 11) is 0. The van der Waals surface area contributed by atoms with Gasteiger partial charge in [-0.05, 0) is 30.9 Å². The molecule has 2 aliphatic rings. The van der Waals surface area contributed by atoms with Crippen molar-refractivity contribution in [2.75, 3.05) is 50.7 Å². The summed E-state index contributed by atoms with van der Waals surface area (Å²) in [5.41, 5.74) is -1.49. The first-order valence-corrected chi connectivity index (χ1v) is 10.9. The molecule has 11 heteroatoms. The maximum Gasteiger partial charge on any atom is 0.416 e. The summed E-state index contributed by atoms with van der Waals surface area (Å²) in [5.74, 6) is 0.609. The first-order chi connectivity index (χ1) is 15.0. The Morgan fingerprint density at radius 3 is 2.31 bits per heavy atom. The number of likely N-dealkylation sites (tertiary alicyclic amines) is 1. The molecule has 1 aromatic rings. The molecule has 2 heterocycles. The van der Waals surface area contributed by atoms with Gasteiger partial charge in [0.2, 0.25) is 0 Å². The number of piperazine rings is 1. The summed E-state index contributed by atoms with van der Waals surface area (Å²) >= 11 is 0. The Hall–Kier alpha value is -2.56. The highest BCUT2D eigenvalue weighted by Crippen LogP contribution is 2.36. The number of nitro benzene ring substituents is 1. The van der Waals surface area contributed by atoms with E-state index in [1.165, 1.54) is 0 Å². The lowest BCUT2D eigenvalue weighted by atomic mass is 10.0. The zero-order valence-electron chi connectivity index (χ0n) is 18.4. The molecular weight excluding hydrogens is 427 g/mol. The van der Waals surface area contributed by atoms with Gasteiger partial charge in [-0.1, -0.05) is 13.8 Å². The average Bonchev–Trinajstić information content (AvgIpc) is 2.73. The lowest BCUT2D eigenvalue weighted by molar-refractivity contribution is -0.384. The second-order valence-corrected chi connectivity index (χ2v) is 8.85. The van der Waals surface area contributed by atoms with E-state index in [1.54, 1.807) is 9.80 Å². The Morgan fingerprint density at radius 1 is 1.16 bits per heavy atom. The number of urea groups is 1. The average molecular weight is 457 g/mol. The maximum absolute atomic E-state index is 12.9. The first-order valence-electron chi connectivity index (χ1n) is 10.9. The first kappa shape index (κ1) is 24.1. The molecule has 0 radical (unpaired) electrons. The number of carbonyl (C=O) groups is 1. The monoisotopic (exact) mass is 457 g/mol. The summed E-state index contributed by atoms with van der Waals surface area (Å²) in [6, 6.07) is 2.53. The molecule has 1 N–H and O–H groups in total. The van der Waals surface area contributed by atoms with Crippen LogP contribution >= 0.6 is 0 Å². The minimum atomic E-state index is -4.65. The molecule has 0 spiro atoms. The van der Waals surface area contributed by atoms with Crippen molar-refractivity contribution in [3.05, 3.63) is 33.9 Å². The lowest BCUT2D eigenvalue weighted by Gasteiger charge is -2.38. The van der Waals surface area contributed by atoms with Crippen LogP contribution in [0.2, 0.25) is 0 Å². The second kappa shape index (κ2) is 9.93. The van der Waals surface area contributed by atoms with E-state index in [-0.39, 0.29) is 17.8 Å². The van der Waals surface area contributed by atoms with Crippen LogP contribution in [0.5, 0.6) is 0 Å². The number of nitro groups is 1. The number of halogens is 3. The topological polar surface area (TPSA) is 82.0 Å². The number of hydrogen-bond acceptors (Lipinski definition) is 5. The fourth-order valence-electron chi connectivity index (χ4n) is 4.31. The zero-order chi connectivity index (χ0) is 23.5. The number of benzene rings is 1. The van der Waals surface area contributed by atoms with E-state index in [2.05, 4.69) is 24.1 Å². The number of alkyl halides is 3. The predicted molar refractivity (Wildman–Crippen MR) is 115 cm³/mol. The van der Waals surface area contributed by atoms with Crippen LogP contribution in [0.15, 0.2) is 18.2 Å². The molecule has 0 bridgehead atoms. The third kappa shape index (κ3) is 6.02. The van der Waals surface area contributed by atoms with Gasteiger partial charge in [-0.3, -0.25) is 10.1 Å². The van der Waals surface area contributed by atoms with Crippen LogP contribution < -0.4 is 10.2 Å². The highest BCUT2D eigenvalue weighted by atomic mass is 19.4. The largest absolute Gasteiger partial charge is 0.416 e. The molecule has 2 aliphatic heterocycles. The molecule has 32 heavy (non-hydrogen) atoms. The van der Waals surface area contributed by atoms with Gasteiger partial charge in [-0.25, -0.2) is 4.79 Å². The third-order valence-corrected chi connectivity index (χ3v) is 5.95. The highest BCUT2D eigenvalue weighted by molar-refractivity contribution is 5.75. The van der Waals surface area contributed by atoms with Crippen molar-refractivity contribution < 1.29 is 22.9 Å². The Balaban J connectivity index is 1.54. The second-order valence-electron chi connectivity index (χ2n) is 8.85. The Labute approximate surface area is 185 Å². The standard InChI is InChI=1S/C21H30F3N5O3/c1-15(2)14-26-7-5-17(6-8-26)25-20(30)28-11-9-27(10-12-28)18-4-3-16(21(22,23)24)13-19(18)29(31)32/h3-4,13,15,17H,5-12,14H2,1-2H3,(H,25,30). The van der Waals surface area contributed by atoms with Crippen molar-refractivity contribution in [2.45, 2.75) is 38.9 Å². The van der Waals surface area contributed by atoms with Crippen molar-refractivity contribution in [3.8, 4) is 0 Å². The van der Waals surface area contributed by atoms with Gasteiger partial charge in [0.15, 0.2) is 0 Å². The molecule has 0 aromatic heterocycles. The van der Waals surface area contributed by atoms with Crippen LogP contribution in [0, 0.1) is 16.0 Å². The summed E-state index contributed by atoms with van der Waals surface area (Å²) in [5, 5.41) is 14.4. The minimum absolute atomic E-state index is 0.125. The molecule has 2 amide bonds. The van der Waals surface area contributed by atoms with E-state index < -0.39 is 22.4 Å². The van der Waals surface area contributed by atoms with Crippen LogP contribution in [0.3, 0.4) is 0 Å². The summed E-state index contributed by atoms with van der Waals surface area (Å²) in [4.78, 5) is 28.9. The van der Waals surface area contributed by atoms with Crippen LogP contribution in [-0.2, 0) is 6.18 Å². The van der Waals surface area contributed by atoms with Crippen molar-refractivity contribution in [2.24, 2.45) is 5.92 Å². The number of nitrogens with zero attached hydrogens (tertiary/aromatic N) is 4. The van der Waals surface area contributed by atoms with Gasteiger partial charge >= 0.3 is 12.2 Å². The third-order valence-electron chi connectivity index (χ3n) is 5.95. The van der Waals surface area contributed by atoms with Gasteiger partial charge < -0.3 is 20.0 Å². The van der Waals surface area contributed by atoms with Crippen LogP contribution in [0.25, 0.3) is 0 Å². The minimum Gasteiger partial charge on any atom is -0.362 e. The molecule has 0 aliphatic carbocycles. The Morgan fingerprint density at radius 2 is 1.78 bits per heavy atom. The number of amides is 2. The van der Waals surface area contributed by atoms with Crippen LogP contribution in [0.1, 0.15) is 32.3 Å².